The SMILES string of the molecule is CCc1ccsc1C(N)Cc1ncnn1C(C)C. The van der Waals surface area contributed by atoms with Gasteiger partial charge in [0, 0.05) is 23.4 Å². The summed E-state index contributed by atoms with van der Waals surface area (Å²) in [6, 6.07) is 2.50. The summed E-state index contributed by atoms with van der Waals surface area (Å²) in [5.74, 6) is 0.966. The molecule has 0 fully saturated rings. The van der Waals surface area contributed by atoms with E-state index < -0.39 is 0 Å². The molecule has 0 aliphatic heterocycles. The van der Waals surface area contributed by atoms with E-state index in [0.717, 1.165) is 18.7 Å². The summed E-state index contributed by atoms with van der Waals surface area (Å²) in [7, 11) is 0. The second kappa shape index (κ2) is 5.63. The molecule has 2 aromatic rings. The van der Waals surface area contributed by atoms with Gasteiger partial charge >= 0.3 is 0 Å². The van der Waals surface area contributed by atoms with Gasteiger partial charge in [-0.1, -0.05) is 6.92 Å². The Morgan fingerprint density at radius 1 is 1.44 bits per heavy atom. The van der Waals surface area contributed by atoms with E-state index in [1.165, 1.54) is 10.4 Å². The fourth-order valence-corrected chi connectivity index (χ4v) is 3.11. The molecular formula is C13H20N4S. The molecule has 2 aromatic heterocycles. The lowest BCUT2D eigenvalue weighted by Crippen LogP contribution is -2.18. The molecule has 0 radical (unpaired) electrons. The van der Waals surface area contributed by atoms with Gasteiger partial charge < -0.3 is 5.73 Å². The highest BCUT2D eigenvalue weighted by Crippen LogP contribution is 2.26. The van der Waals surface area contributed by atoms with E-state index in [9.17, 15) is 0 Å². The van der Waals surface area contributed by atoms with Crippen molar-refractivity contribution in [3.8, 4) is 0 Å². The highest BCUT2D eigenvalue weighted by molar-refractivity contribution is 7.10. The molecule has 0 aliphatic rings. The normalized spacial score (nSPS) is 13.2. The number of aryl methyl sites for hydroxylation is 1. The smallest absolute Gasteiger partial charge is 0.138 e. The van der Waals surface area contributed by atoms with Crippen molar-refractivity contribution < 1.29 is 0 Å². The van der Waals surface area contributed by atoms with Crippen molar-refractivity contribution in [2.45, 2.75) is 45.7 Å². The average Bonchev–Trinajstić information content (AvgIpc) is 2.96. The Labute approximate surface area is 112 Å². The molecule has 2 N–H and O–H groups in total. The van der Waals surface area contributed by atoms with E-state index in [4.69, 9.17) is 5.73 Å². The van der Waals surface area contributed by atoms with Gasteiger partial charge in [-0.25, -0.2) is 9.67 Å². The van der Waals surface area contributed by atoms with Crippen molar-refractivity contribution in [1.29, 1.82) is 0 Å². The van der Waals surface area contributed by atoms with Crippen LogP contribution in [0.2, 0.25) is 0 Å². The first-order valence-electron chi connectivity index (χ1n) is 6.33. The molecule has 0 saturated carbocycles. The summed E-state index contributed by atoms with van der Waals surface area (Å²) in [5, 5.41) is 6.36. The van der Waals surface area contributed by atoms with Crippen LogP contribution in [0.15, 0.2) is 17.8 Å². The lowest BCUT2D eigenvalue weighted by Gasteiger charge is -2.14. The van der Waals surface area contributed by atoms with Crippen molar-refractivity contribution in [2.24, 2.45) is 5.73 Å². The largest absolute Gasteiger partial charge is 0.323 e. The molecular weight excluding hydrogens is 244 g/mol. The minimum atomic E-state index is 0.0154. The Hall–Kier alpha value is -1.20. The van der Waals surface area contributed by atoms with Crippen LogP contribution in [0, 0.1) is 0 Å². The van der Waals surface area contributed by atoms with Gasteiger partial charge in [-0.05, 0) is 37.3 Å². The zero-order valence-electron chi connectivity index (χ0n) is 11.1. The fraction of sp³-hybridized carbons (Fsp3) is 0.538. The number of nitrogens with zero attached hydrogens (tertiary/aromatic N) is 3. The van der Waals surface area contributed by atoms with E-state index in [1.54, 1.807) is 17.7 Å². The van der Waals surface area contributed by atoms with Crippen molar-refractivity contribution in [2.75, 3.05) is 0 Å². The van der Waals surface area contributed by atoms with Crippen LogP contribution in [0.3, 0.4) is 0 Å². The fourth-order valence-electron chi connectivity index (χ4n) is 2.11. The second-order valence-corrected chi connectivity index (χ2v) is 5.64. The molecule has 18 heavy (non-hydrogen) atoms. The Morgan fingerprint density at radius 2 is 2.22 bits per heavy atom. The Morgan fingerprint density at radius 3 is 2.89 bits per heavy atom. The van der Waals surface area contributed by atoms with Crippen LogP contribution >= 0.6 is 11.3 Å². The summed E-state index contributed by atoms with van der Waals surface area (Å²) in [4.78, 5) is 5.59. The van der Waals surface area contributed by atoms with Crippen molar-refractivity contribution in [1.82, 2.24) is 14.8 Å². The molecule has 2 rings (SSSR count). The van der Waals surface area contributed by atoms with Crippen LogP contribution in [0.5, 0.6) is 0 Å². The van der Waals surface area contributed by atoms with Crippen LogP contribution in [0.4, 0.5) is 0 Å². The van der Waals surface area contributed by atoms with Crippen LogP contribution in [0.25, 0.3) is 0 Å². The predicted octanol–water partition coefficient (Wildman–Crippen LogP) is 2.73. The van der Waals surface area contributed by atoms with Crippen molar-refractivity contribution in [3.05, 3.63) is 34.0 Å². The summed E-state index contributed by atoms with van der Waals surface area (Å²) in [6.07, 6.45) is 3.38. The van der Waals surface area contributed by atoms with E-state index in [2.05, 4.69) is 42.3 Å². The van der Waals surface area contributed by atoms with Gasteiger partial charge in [-0.2, -0.15) is 5.10 Å². The standard InChI is InChI=1S/C13H20N4S/c1-4-10-5-6-18-13(10)11(14)7-12-15-8-16-17(12)9(2)3/h5-6,8-9,11H,4,7,14H2,1-3H3. The van der Waals surface area contributed by atoms with Gasteiger partial charge in [0.1, 0.15) is 12.2 Å². The minimum Gasteiger partial charge on any atom is -0.323 e. The molecule has 0 amide bonds. The third-order valence-electron chi connectivity index (χ3n) is 3.04. The number of rotatable bonds is 5. The number of thiophene rings is 1. The maximum atomic E-state index is 6.31. The van der Waals surface area contributed by atoms with E-state index in [1.807, 2.05) is 4.68 Å². The Kier molecular flexibility index (Phi) is 4.14. The van der Waals surface area contributed by atoms with E-state index in [0.29, 0.717) is 6.04 Å². The summed E-state index contributed by atoms with van der Waals surface area (Å²) in [5.41, 5.74) is 7.66. The number of aromatic nitrogens is 3. The summed E-state index contributed by atoms with van der Waals surface area (Å²) >= 11 is 1.74. The molecule has 0 aromatic carbocycles. The monoisotopic (exact) mass is 264 g/mol. The second-order valence-electron chi connectivity index (χ2n) is 4.69. The van der Waals surface area contributed by atoms with Gasteiger partial charge in [0.05, 0.1) is 0 Å². The number of hydrogen-bond acceptors (Lipinski definition) is 4. The number of nitrogens with two attached hydrogens (primary N) is 1. The molecule has 2 heterocycles. The molecule has 5 heteroatoms. The zero-order valence-corrected chi connectivity index (χ0v) is 11.9. The zero-order chi connectivity index (χ0) is 13.1. The molecule has 4 nitrogen and oxygen atoms in total. The van der Waals surface area contributed by atoms with Gasteiger partial charge in [0.25, 0.3) is 0 Å². The Bertz CT molecular complexity index is 501. The summed E-state index contributed by atoms with van der Waals surface area (Å²) in [6.45, 7) is 6.37. The maximum Gasteiger partial charge on any atom is 0.138 e. The van der Waals surface area contributed by atoms with Crippen molar-refractivity contribution >= 4 is 11.3 Å². The lowest BCUT2D eigenvalue weighted by molar-refractivity contribution is 0.494. The topological polar surface area (TPSA) is 56.7 Å². The quantitative estimate of drug-likeness (QED) is 0.903. The van der Waals surface area contributed by atoms with E-state index in [-0.39, 0.29) is 6.04 Å². The minimum absolute atomic E-state index is 0.0154. The van der Waals surface area contributed by atoms with Gasteiger partial charge in [0.15, 0.2) is 0 Å². The van der Waals surface area contributed by atoms with Crippen LogP contribution in [0.1, 0.15) is 49.1 Å². The van der Waals surface area contributed by atoms with Crippen LogP contribution < -0.4 is 5.73 Å². The highest BCUT2D eigenvalue weighted by atomic mass is 32.1. The lowest BCUT2D eigenvalue weighted by atomic mass is 10.1. The van der Waals surface area contributed by atoms with Gasteiger partial charge in [-0.3, -0.25) is 0 Å². The first-order chi connectivity index (χ1) is 8.63. The molecule has 0 bridgehead atoms. The summed E-state index contributed by atoms with van der Waals surface area (Å²) < 4.78 is 1.94. The molecule has 0 aliphatic carbocycles. The average molecular weight is 264 g/mol. The third kappa shape index (κ3) is 2.62. The Balaban J connectivity index is 2.16. The third-order valence-corrected chi connectivity index (χ3v) is 4.13. The first kappa shape index (κ1) is 13.2. The molecule has 1 atom stereocenters. The highest BCUT2D eigenvalue weighted by Gasteiger charge is 2.16. The first-order valence-corrected chi connectivity index (χ1v) is 7.21. The molecule has 0 spiro atoms. The predicted molar refractivity (Wildman–Crippen MR) is 74.7 cm³/mol. The molecule has 98 valence electrons. The van der Waals surface area contributed by atoms with Crippen molar-refractivity contribution in [3.63, 3.8) is 0 Å². The molecule has 1 unspecified atom stereocenters. The van der Waals surface area contributed by atoms with Crippen LogP contribution in [-0.4, -0.2) is 14.8 Å². The van der Waals surface area contributed by atoms with Gasteiger partial charge in [0.2, 0.25) is 0 Å². The van der Waals surface area contributed by atoms with E-state index >= 15 is 0 Å². The van der Waals surface area contributed by atoms with Gasteiger partial charge in [-0.15, -0.1) is 11.3 Å². The van der Waals surface area contributed by atoms with Crippen LogP contribution in [-0.2, 0) is 12.8 Å². The molecule has 0 saturated heterocycles. The maximum absolute atomic E-state index is 6.31. The number of hydrogen-bond donors (Lipinski definition) is 1.